The van der Waals surface area contributed by atoms with E-state index in [9.17, 15) is 14.4 Å². The summed E-state index contributed by atoms with van der Waals surface area (Å²) in [5.74, 6) is 0.365. The van der Waals surface area contributed by atoms with Crippen molar-refractivity contribution >= 4 is 40.9 Å². The fourth-order valence-electron chi connectivity index (χ4n) is 5.17. The highest BCUT2D eigenvalue weighted by Gasteiger charge is 2.33. The van der Waals surface area contributed by atoms with E-state index in [4.69, 9.17) is 25.8 Å². The Hall–Kier alpha value is -3.89. The van der Waals surface area contributed by atoms with Crippen LogP contribution in [0.15, 0.2) is 63.5 Å². The Labute approximate surface area is 258 Å². The number of hydrogen-bond donors (Lipinski definition) is 0. The smallest absolute Gasteiger partial charge is 0.338 e. The van der Waals surface area contributed by atoms with Gasteiger partial charge in [-0.15, -0.1) is 0 Å². The largest absolute Gasteiger partial charge is 0.490 e. The number of halogens is 1. The monoisotopic (exact) mass is 623 g/mol. The molecule has 9 nitrogen and oxygen atoms in total. The van der Waals surface area contributed by atoms with E-state index >= 15 is 0 Å². The first-order valence-corrected chi connectivity index (χ1v) is 15.5. The number of hydrogen-bond acceptors (Lipinski definition) is 8. The quantitative estimate of drug-likeness (QED) is 0.331. The van der Waals surface area contributed by atoms with Gasteiger partial charge >= 0.3 is 5.97 Å². The molecule has 0 unspecified atom stereocenters. The van der Waals surface area contributed by atoms with Gasteiger partial charge in [-0.3, -0.25) is 14.2 Å². The lowest BCUT2D eigenvalue weighted by molar-refractivity contribution is -0.143. The first-order valence-electron chi connectivity index (χ1n) is 14.3. The Morgan fingerprint density at radius 1 is 1.09 bits per heavy atom. The van der Waals surface area contributed by atoms with Crippen LogP contribution in [0.2, 0.25) is 5.02 Å². The third-order valence-corrected chi connectivity index (χ3v) is 8.38. The topological polar surface area (TPSA) is 99.4 Å². The predicted molar refractivity (Wildman–Crippen MR) is 165 cm³/mol. The van der Waals surface area contributed by atoms with Gasteiger partial charge in [-0.05, 0) is 82.0 Å². The summed E-state index contributed by atoms with van der Waals surface area (Å²) in [6.07, 6.45) is 3.45. The molecule has 0 N–H and O–H groups in total. The van der Waals surface area contributed by atoms with E-state index < -0.39 is 12.0 Å². The molecule has 1 amide bonds. The lowest BCUT2D eigenvalue weighted by atomic mass is 9.96. The van der Waals surface area contributed by atoms with Crippen LogP contribution in [0.5, 0.6) is 11.5 Å². The van der Waals surface area contributed by atoms with Crippen molar-refractivity contribution in [1.29, 1.82) is 0 Å². The van der Waals surface area contributed by atoms with Crippen molar-refractivity contribution in [2.45, 2.75) is 52.7 Å². The van der Waals surface area contributed by atoms with Crippen LogP contribution in [-0.4, -0.2) is 53.8 Å². The number of fused-ring (bicyclic) bond motifs is 1. The maximum absolute atomic E-state index is 13.9. The number of rotatable bonds is 9. The zero-order valence-electron chi connectivity index (χ0n) is 24.6. The SMILES string of the molecule is CCOc1cc(/C=c2/sc3n(c2=O)[C@@H](c2ccc(Cl)cc2)C(C(=O)OC(C)C)=C(C)N=3)ccc1OCC(=O)N1CCCC1. The summed E-state index contributed by atoms with van der Waals surface area (Å²) in [5, 5.41) is 0.543. The molecule has 0 saturated carbocycles. The molecule has 3 heterocycles. The van der Waals surface area contributed by atoms with Gasteiger partial charge in [0.05, 0.1) is 34.6 Å². The maximum Gasteiger partial charge on any atom is 0.338 e. The molecule has 0 aliphatic carbocycles. The van der Waals surface area contributed by atoms with Gasteiger partial charge in [-0.25, -0.2) is 9.79 Å². The third-order valence-electron chi connectivity index (χ3n) is 7.15. The fourth-order valence-corrected chi connectivity index (χ4v) is 6.34. The lowest BCUT2D eigenvalue weighted by Gasteiger charge is -2.25. The number of carbonyl (C=O) groups excluding carboxylic acids is 2. The van der Waals surface area contributed by atoms with Crippen molar-refractivity contribution in [3.63, 3.8) is 0 Å². The van der Waals surface area contributed by atoms with Gasteiger partial charge < -0.3 is 19.1 Å². The van der Waals surface area contributed by atoms with Crippen LogP contribution in [0.1, 0.15) is 57.7 Å². The molecule has 0 radical (unpaired) electrons. The van der Waals surface area contributed by atoms with Crippen molar-refractivity contribution < 1.29 is 23.8 Å². The first-order chi connectivity index (χ1) is 20.7. The van der Waals surface area contributed by atoms with E-state index in [0.29, 0.717) is 54.9 Å². The normalized spacial score (nSPS) is 16.7. The minimum absolute atomic E-state index is 0.0488. The molecule has 43 heavy (non-hydrogen) atoms. The molecule has 0 bridgehead atoms. The highest BCUT2D eigenvalue weighted by atomic mass is 35.5. The number of esters is 1. The van der Waals surface area contributed by atoms with Crippen LogP contribution in [0.4, 0.5) is 0 Å². The van der Waals surface area contributed by atoms with Gasteiger partial charge in [0.25, 0.3) is 11.5 Å². The van der Waals surface area contributed by atoms with Crippen LogP contribution in [0.25, 0.3) is 6.08 Å². The van der Waals surface area contributed by atoms with Crippen LogP contribution >= 0.6 is 22.9 Å². The highest BCUT2D eigenvalue weighted by molar-refractivity contribution is 7.07. The molecular formula is C32H34ClN3O6S. The Kier molecular flexibility index (Phi) is 9.37. The summed E-state index contributed by atoms with van der Waals surface area (Å²) >= 11 is 7.39. The van der Waals surface area contributed by atoms with E-state index in [1.807, 2.05) is 13.0 Å². The number of likely N-dealkylation sites (tertiary alicyclic amines) is 1. The van der Waals surface area contributed by atoms with Crippen LogP contribution in [-0.2, 0) is 14.3 Å². The minimum Gasteiger partial charge on any atom is -0.490 e. The van der Waals surface area contributed by atoms with Crippen LogP contribution in [0.3, 0.4) is 0 Å². The van der Waals surface area contributed by atoms with Crippen molar-refractivity contribution in [3.8, 4) is 11.5 Å². The first kappa shape index (κ1) is 30.6. The van der Waals surface area contributed by atoms with Crippen LogP contribution in [0, 0.1) is 0 Å². The number of aromatic nitrogens is 1. The minimum atomic E-state index is -0.732. The molecule has 0 spiro atoms. The van der Waals surface area contributed by atoms with E-state index in [-0.39, 0.29) is 24.2 Å². The molecule has 1 fully saturated rings. The van der Waals surface area contributed by atoms with Gasteiger partial charge in [0, 0.05) is 18.1 Å². The lowest BCUT2D eigenvalue weighted by Crippen LogP contribution is -2.40. The average Bonchev–Trinajstić information content (AvgIpc) is 3.61. The van der Waals surface area contributed by atoms with Gasteiger partial charge in [0.2, 0.25) is 0 Å². The van der Waals surface area contributed by atoms with E-state index in [1.54, 1.807) is 68.1 Å². The number of thiazole rings is 1. The van der Waals surface area contributed by atoms with Gasteiger partial charge in [0.1, 0.15) is 0 Å². The molecule has 2 aromatic carbocycles. The summed E-state index contributed by atoms with van der Waals surface area (Å²) in [6.45, 7) is 9.02. The summed E-state index contributed by atoms with van der Waals surface area (Å²) in [5.41, 5.74) is 1.93. The second kappa shape index (κ2) is 13.2. The average molecular weight is 624 g/mol. The Balaban J connectivity index is 1.52. The Bertz CT molecular complexity index is 1740. The molecule has 1 atom stereocenters. The summed E-state index contributed by atoms with van der Waals surface area (Å²) in [4.78, 5) is 46.6. The van der Waals surface area contributed by atoms with Crippen molar-refractivity contribution in [2.24, 2.45) is 4.99 Å². The molecule has 2 aliphatic rings. The Morgan fingerprint density at radius 3 is 2.49 bits per heavy atom. The summed E-state index contributed by atoms with van der Waals surface area (Å²) < 4.78 is 19.2. The predicted octanol–water partition coefficient (Wildman–Crippen LogP) is 4.24. The number of ether oxygens (including phenoxy) is 3. The summed E-state index contributed by atoms with van der Waals surface area (Å²) in [6, 6.07) is 11.7. The highest BCUT2D eigenvalue weighted by Crippen LogP contribution is 2.32. The molecule has 11 heteroatoms. The number of carbonyl (C=O) groups is 2. The van der Waals surface area contributed by atoms with Gasteiger partial charge in [0.15, 0.2) is 22.9 Å². The Morgan fingerprint density at radius 2 is 1.81 bits per heavy atom. The number of amides is 1. The third kappa shape index (κ3) is 6.70. The fraction of sp³-hybridized carbons (Fsp3) is 0.375. The van der Waals surface area contributed by atoms with Crippen molar-refractivity contribution in [1.82, 2.24) is 9.47 Å². The van der Waals surface area contributed by atoms with Crippen LogP contribution < -0.4 is 24.4 Å². The summed E-state index contributed by atoms with van der Waals surface area (Å²) in [7, 11) is 0. The molecule has 2 aliphatic heterocycles. The van der Waals surface area contributed by atoms with E-state index in [0.717, 1.165) is 25.9 Å². The molecule has 226 valence electrons. The maximum atomic E-state index is 13.9. The van der Waals surface area contributed by atoms with Crippen molar-refractivity contribution in [2.75, 3.05) is 26.3 Å². The molecule has 3 aromatic rings. The number of benzene rings is 2. The molecule has 1 aromatic heterocycles. The number of nitrogens with zero attached hydrogens (tertiary/aromatic N) is 3. The zero-order valence-corrected chi connectivity index (χ0v) is 26.2. The van der Waals surface area contributed by atoms with Gasteiger partial charge in [-0.2, -0.15) is 0 Å². The molecular weight excluding hydrogens is 590 g/mol. The van der Waals surface area contributed by atoms with E-state index in [2.05, 4.69) is 4.99 Å². The van der Waals surface area contributed by atoms with Crippen molar-refractivity contribution in [3.05, 3.63) is 89.6 Å². The molecule has 5 rings (SSSR count). The molecule has 1 saturated heterocycles. The second-order valence-corrected chi connectivity index (χ2v) is 12.0. The number of allylic oxidation sites excluding steroid dienone is 1. The second-order valence-electron chi connectivity index (χ2n) is 10.6. The standard InChI is InChI=1S/C32H34ClN3O6S/c1-5-40-25-16-21(8-13-24(25)41-18-27(37)35-14-6-7-15-35)17-26-30(38)36-29(22-9-11-23(33)12-10-22)28(31(39)42-19(2)3)20(4)34-32(36)43-26/h8-13,16-17,19,29H,5-7,14-15,18H2,1-4H3/b26-17+/t29-/m0/s1. The zero-order chi connectivity index (χ0) is 30.7. The van der Waals surface area contributed by atoms with Gasteiger partial charge in [-0.1, -0.05) is 41.1 Å². The van der Waals surface area contributed by atoms with E-state index in [1.165, 1.54) is 15.9 Å².